The molecule has 1 amide bonds. The largest absolute Gasteiger partial charge is 0.454 e. The van der Waals surface area contributed by atoms with Gasteiger partial charge in [0.15, 0.2) is 11.5 Å². The van der Waals surface area contributed by atoms with Gasteiger partial charge in [-0.2, -0.15) is 0 Å². The molecule has 1 atom stereocenters. The molecule has 0 bridgehead atoms. The van der Waals surface area contributed by atoms with E-state index in [4.69, 9.17) is 14.0 Å². The van der Waals surface area contributed by atoms with Crippen molar-refractivity contribution in [1.82, 2.24) is 15.0 Å². The summed E-state index contributed by atoms with van der Waals surface area (Å²) >= 11 is 0. The van der Waals surface area contributed by atoms with E-state index in [1.165, 1.54) is 5.56 Å². The average molecular weight is 371 g/mol. The first-order valence-corrected chi connectivity index (χ1v) is 9.32. The maximum absolute atomic E-state index is 13.2. The minimum Gasteiger partial charge on any atom is -0.454 e. The molecule has 1 aromatic heterocycles. The molecular formula is C20H25N3O4. The first-order chi connectivity index (χ1) is 13.0. The Kier molecular flexibility index (Phi) is 4.78. The minimum absolute atomic E-state index is 0.00595. The molecule has 4 rings (SSSR count). The maximum Gasteiger partial charge on any atom is 0.244 e. The van der Waals surface area contributed by atoms with Crippen LogP contribution in [0.5, 0.6) is 11.5 Å². The molecule has 2 aromatic rings. The van der Waals surface area contributed by atoms with Crippen molar-refractivity contribution in [2.75, 3.05) is 27.9 Å². The van der Waals surface area contributed by atoms with Crippen LogP contribution in [0.3, 0.4) is 0 Å². The standard InChI is InChI=1S/C20H25N3O4/c1-22(2)19(13-8-9-17-18(10-13)26-12-25-17)20(24)23(3)11-15-14-6-4-5-7-16(14)27-21-15/h8-10,19H,4-7,11-12H2,1-3H3/t19-/m1/s1. The number of hydrogen-bond acceptors (Lipinski definition) is 6. The fourth-order valence-electron chi connectivity index (χ4n) is 3.83. The van der Waals surface area contributed by atoms with Crippen LogP contribution >= 0.6 is 0 Å². The van der Waals surface area contributed by atoms with E-state index in [1.54, 1.807) is 4.90 Å². The van der Waals surface area contributed by atoms with E-state index in [0.717, 1.165) is 42.7 Å². The Morgan fingerprint density at radius 2 is 1.93 bits per heavy atom. The number of fused-ring (bicyclic) bond motifs is 2. The van der Waals surface area contributed by atoms with E-state index >= 15 is 0 Å². The van der Waals surface area contributed by atoms with Crippen LogP contribution in [0, 0.1) is 0 Å². The van der Waals surface area contributed by atoms with Crippen LogP contribution in [0.25, 0.3) is 0 Å². The van der Waals surface area contributed by atoms with Crippen molar-refractivity contribution < 1.29 is 18.8 Å². The van der Waals surface area contributed by atoms with Crippen molar-refractivity contribution in [3.63, 3.8) is 0 Å². The quantitative estimate of drug-likeness (QED) is 0.805. The van der Waals surface area contributed by atoms with Crippen LogP contribution in [0.4, 0.5) is 0 Å². The molecule has 1 aliphatic heterocycles. The summed E-state index contributed by atoms with van der Waals surface area (Å²) in [5.74, 6) is 2.38. The van der Waals surface area contributed by atoms with Gasteiger partial charge in [0, 0.05) is 19.0 Å². The van der Waals surface area contributed by atoms with E-state index in [2.05, 4.69) is 5.16 Å². The van der Waals surface area contributed by atoms with Gasteiger partial charge in [-0.25, -0.2) is 0 Å². The number of amides is 1. The monoisotopic (exact) mass is 371 g/mol. The molecular weight excluding hydrogens is 346 g/mol. The summed E-state index contributed by atoms with van der Waals surface area (Å²) in [6.45, 7) is 0.670. The number of aryl methyl sites for hydroxylation is 1. The second kappa shape index (κ2) is 7.23. The second-order valence-electron chi connectivity index (χ2n) is 7.41. The highest BCUT2D eigenvalue weighted by molar-refractivity contribution is 5.83. The molecule has 7 heteroatoms. The zero-order valence-electron chi connectivity index (χ0n) is 16.0. The first-order valence-electron chi connectivity index (χ1n) is 9.32. The lowest BCUT2D eigenvalue weighted by Gasteiger charge is -2.28. The Bertz CT molecular complexity index is 846. The summed E-state index contributed by atoms with van der Waals surface area (Å²) in [6.07, 6.45) is 4.21. The van der Waals surface area contributed by atoms with Crippen molar-refractivity contribution in [1.29, 1.82) is 0 Å². The number of hydrogen-bond donors (Lipinski definition) is 0. The van der Waals surface area contributed by atoms with Gasteiger partial charge >= 0.3 is 0 Å². The maximum atomic E-state index is 13.2. The Morgan fingerprint density at radius 3 is 2.74 bits per heavy atom. The van der Waals surface area contributed by atoms with Crippen LogP contribution in [0.1, 0.15) is 41.5 Å². The zero-order valence-corrected chi connectivity index (χ0v) is 16.0. The molecule has 0 fully saturated rings. The van der Waals surface area contributed by atoms with E-state index < -0.39 is 6.04 Å². The lowest BCUT2D eigenvalue weighted by Crippen LogP contribution is -2.38. The lowest BCUT2D eigenvalue weighted by atomic mass is 9.96. The first kappa shape index (κ1) is 17.9. The molecule has 0 N–H and O–H groups in total. The number of aromatic nitrogens is 1. The van der Waals surface area contributed by atoms with Crippen molar-refractivity contribution in [3.8, 4) is 11.5 Å². The molecule has 7 nitrogen and oxygen atoms in total. The van der Waals surface area contributed by atoms with Crippen LogP contribution in [0.2, 0.25) is 0 Å². The molecule has 0 unspecified atom stereocenters. The molecule has 144 valence electrons. The molecule has 0 spiro atoms. The molecule has 2 aliphatic rings. The molecule has 1 aliphatic carbocycles. The SMILES string of the molecule is CN(Cc1noc2c1CCCC2)C(=O)[C@@H](c1ccc2c(c1)OCO2)N(C)C. The van der Waals surface area contributed by atoms with E-state index in [0.29, 0.717) is 18.0 Å². The van der Waals surface area contributed by atoms with Crippen LogP contribution in [-0.4, -0.2) is 48.8 Å². The summed E-state index contributed by atoms with van der Waals surface area (Å²) in [4.78, 5) is 16.9. The van der Waals surface area contributed by atoms with Gasteiger partial charge in [-0.3, -0.25) is 9.69 Å². The third kappa shape index (κ3) is 3.39. The van der Waals surface area contributed by atoms with Gasteiger partial charge in [0.05, 0.1) is 6.54 Å². The number of benzene rings is 1. The van der Waals surface area contributed by atoms with Gasteiger partial charge in [-0.05, 0) is 51.1 Å². The molecule has 1 aromatic carbocycles. The number of ether oxygens (including phenoxy) is 2. The average Bonchev–Trinajstić information content (AvgIpc) is 3.28. The second-order valence-corrected chi connectivity index (χ2v) is 7.41. The fourth-order valence-corrected chi connectivity index (χ4v) is 3.83. The van der Waals surface area contributed by atoms with Crippen molar-refractivity contribution in [3.05, 3.63) is 40.8 Å². The Labute approximate surface area is 158 Å². The number of carbonyl (C=O) groups excluding carboxylic acids is 1. The van der Waals surface area contributed by atoms with Crippen molar-refractivity contribution in [2.45, 2.75) is 38.3 Å². The number of rotatable bonds is 5. The summed E-state index contributed by atoms with van der Waals surface area (Å²) in [6, 6.07) is 5.25. The molecule has 2 heterocycles. The van der Waals surface area contributed by atoms with Gasteiger partial charge in [0.2, 0.25) is 12.7 Å². The Morgan fingerprint density at radius 1 is 1.15 bits per heavy atom. The van der Waals surface area contributed by atoms with Gasteiger partial charge in [0.1, 0.15) is 17.5 Å². The summed E-state index contributed by atoms with van der Waals surface area (Å²) in [7, 11) is 5.62. The smallest absolute Gasteiger partial charge is 0.244 e. The highest BCUT2D eigenvalue weighted by Gasteiger charge is 2.29. The number of carbonyl (C=O) groups is 1. The predicted molar refractivity (Wildman–Crippen MR) is 98.6 cm³/mol. The van der Waals surface area contributed by atoms with E-state index in [1.807, 2.05) is 44.2 Å². The van der Waals surface area contributed by atoms with Crippen LogP contribution in [-0.2, 0) is 24.2 Å². The molecule has 27 heavy (non-hydrogen) atoms. The summed E-state index contributed by atoms with van der Waals surface area (Å²) in [5.41, 5.74) is 2.94. The number of nitrogens with zero attached hydrogens (tertiary/aromatic N) is 3. The van der Waals surface area contributed by atoms with Gasteiger partial charge in [-0.15, -0.1) is 0 Å². The third-order valence-electron chi connectivity index (χ3n) is 5.26. The summed E-state index contributed by atoms with van der Waals surface area (Å²) < 4.78 is 16.3. The van der Waals surface area contributed by atoms with E-state index in [9.17, 15) is 4.79 Å². The topological polar surface area (TPSA) is 68.0 Å². The molecule has 0 saturated heterocycles. The molecule has 0 radical (unpaired) electrons. The van der Waals surface area contributed by atoms with Crippen molar-refractivity contribution >= 4 is 5.91 Å². The Hall–Kier alpha value is -2.54. The zero-order chi connectivity index (χ0) is 19.0. The van der Waals surface area contributed by atoms with Gasteiger partial charge in [-0.1, -0.05) is 11.2 Å². The third-order valence-corrected chi connectivity index (χ3v) is 5.26. The normalized spacial score (nSPS) is 16.3. The van der Waals surface area contributed by atoms with Crippen LogP contribution in [0.15, 0.2) is 22.7 Å². The summed E-state index contributed by atoms with van der Waals surface area (Å²) in [5, 5.41) is 4.23. The fraction of sp³-hybridized carbons (Fsp3) is 0.500. The highest BCUT2D eigenvalue weighted by atomic mass is 16.7. The van der Waals surface area contributed by atoms with E-state index in [-0.39, 0.29) is 12.7 Å². The highest BCUT2D eigenvalue weighted by Crippen LogP contribution is 2.35. The Balaban J connectivity index is 1.54. The van der Waals surface area contributed by atoms with Crippen LogP contribution < -0.4 is 9.47 Å². The van der Waals surface area contributed by atoms with Crippen molar-refractivity contribution in [2.24, 2.45) is 0 Å². The predicted octanol–water partition coefficient (Wildman–Crippen LogP) is 2.54. The molecule has 0 saturated carbocycles. The lowest BCUT2D eigenvalue weighted by molar-refractivity contribution is -0.135. The van der Waals surface area contributed by atoms with Gasteiger partial charge < -0.3 is 18.9 Å². The van der Waals surface area contributed by atoms with Gasteiger partial charge in [0.25, 0.3) is 0 Å². The minimum atomic E-state index is -0.410. The number of likely N-dealkylation sites (N-methyl/N-ethyl adjacent to an activating group) is 2.